The van der Waals surface area contributed by atoms with Crippen molar-refractivity contribution in [2.45, 2.75) is 58.5 Å². The first-order valence-corrected chi connectivity index (χ1v) is 15.1. The van der Waals surface area contributed by atoms with Crippen LogP contribution in [0.1, 0.15) is 56.6 Å². The third kappa shape index (κ3) is 7.43. The average molecular weight is 565 g/mol. The lowest BCUT2D eigenvalue weighted by Gasteiger charge is -2.33. The highest BCUT2D eigenvalue weighted by molar-refractivity contribution is 6.31. The maximum atomic E-state index is 13.8. The third-order valence-electron chi connectivity index (χ3n) is 8.56. The van der Waals surface area contributed by atoms with Gasteiger partial charge in [0.1, 0.15) is 0 Å². The summed E-state index contributed by atoms with van der Waals surface area (Å²) in [5, 5.41) is 0.600. The SMILES string of the molecule is CC(=O)N1CCC(CC(=O)N2CCN(Cc3ccccc3)CCCN(C(=O)C3CC3)c3cc(Cl)ccc3C2)CC1. The molecule has 3 aliphatic rings. The zero-order chi connectivity index (χ0) is 28.1. The first kappa shape index (κ1) is 28.6. The van der Waals surface area contributed by atoms with E-state index in [9.17, 15) is 14.4 Å². The van der Waals surface area contributed by atoms with Gasteiger partial charge >= 0.3 is 0 Å². The molecular formula is C32H41ClN4O3. The molecule has 1 aliphatic carbocycles. The van der Waals surface area contributed by atoms with Crippen LogP contribution in [0.5, 0.6) is 0 Å². The molecule has 1 saturated carbocycles. The molecule has 0 unspecified atom stereocenters. The van der Waals surface area contributed by atoms with Crippen molar-refractivity contribution in [2.75, 3.05) is 44.2 Å². The monoisotopic (exact) mass is 564 g/mol. The van der Waals surface area contributed by atoms with E-state index < -0.39 is 0 Å². The van der Waals surface area contributed by atoms with Gasteiger partial charge in [0, 0.05) is 76.6 Å². The molecule has 5 rings (SSSR count). The topological polar surface area (TPSA) is 64.2 Å². The summed E-state index contributed by atoms with van der Waals surface area (Å²) in [4.78, 5) is 47.3. The smallest absolute Gasteiger partial charge is 0.230 e. The summed E-state index contributed by atoms with van der Waals surface area (Å²) in [7, 11) is 0. The van der Waals surface area contributed by atoms with Gasteiger partial charge in [-0.2, -0.15) is 0 Å². The Morgan fingerprint density at radius 2 is 1.60 bits per heavy atom. The van der Waals surface area contributed by atoms with Gasteiger partial charge in [0.15, 0.2) is 0 Å². The molecule has 0 aromatic heterocycles. The van der Waals surface area contributed by atoms with Crippen molar-refractivity contribution in [3.05, 3.63) is 64.7 Å². The molecule has 40 heavy (non-hydrogen) atoms. The van der Waals surface area contributed by atoms with E-state index in [4.69, 9.17) is 11.6 Å². The van der Waals surface area contributed by atoms with E-state index in [0.29, 0.717) is 31.1 Å². The van der Waals surface area contributed by atoms with Gasteiger partial charge in [0.2, 0.25) is 17.7 Å². The molecule has 0 bridgehead atoms. The number of piperidine rings is 1. The minimum Gasteiger partial charge on any atom is -0.343 e. The highest BCUT2D eigenvalue weighted by Crippen LogP contribution is 2.35. The van der Waals surface area contributed by atoms with Crippen LogP contribution in [-0.4, -0.2) is 71.7 Å². The molecule has 7 nitrogen and oxygen atoms in total. The van der Waals surface area contributed by atoms with Gasteiger partial charge < -0.3 is 14.7 Å². The zero-order valence-electron chi connectivity index (χ0n) is 23.6. The minimum absolute atomic E-state index is 0.0935. The van der Waals surface area contributed by atoms with Gasteiger partial charge in [-0.05, 0) is 61.3 Å². The average Bonchev–Trinajstić information content (AvgIpc) is 3.80. The van der Waals surface area contributed by atoms with Crippen LogP contribution >= 0.6 is 11.6 Å². The first-order chi connectivity index (χ1) is 19.4. The van der Waals surface area contributed by atoms with Crippen molar-refractivity contribution >= 4 is 35.0 Å². The molecule has 0 N–H and O–H groups in total. The van der Waals surface area contributed by atoms with E-state index in [0.717, 1.165) is 76.1 Å². The predicted molar refractivity (Wildman–Crippen MR) is 158 cm³/mol. The second kappa shape index (κ2) is 13.2. The Morgan fingerprint density at radius 3 is 2.30 bits per heavy atom. The van der Waals surface area contributed by atoms with Crippen LogP contribution in [0.4, 0.5) is 5.69 Å². The second-order valence-electron chi connectivity index (χ2n) is 11.6. The Kier molecular flexibility index (Phi) is 9.43. The van der Waals surface area contributed by atoms with E-state index in [2.05, 4.69) is 29.2 Å². The van der Waals surface area contributed by atoms with Gasteiger partial charge in [-0.25, -0.2) is 0 Å². The molecule has 214 valence electrons. The van der Waals surface area contributed by atoms with Crippen molar-refractivity contribution in [1.82, 2.24) is 14.7 Å². The molecule has 2 aliphatic heterocycles. The number of halogens is 1. The van der Waals surface area contributed by atoms with Crippen LogP contribution in [0.2, 0.25) is 5.02 Å². The minimum atomic E-state index is 0.0935. The van der Waals surface area contributed by atoms with Gasteiger partial charge in [-0.15, -0.1) is 0 Å². The summed E-state index contributed by atoms with van der Waals surface area (Å²) in [6, 6.07) is 16.2. The fourth-order valence-electron chi connectivity index (χ4n) is 5.97. The predicted octanol–water partition coefficient (Wildman–Crippen LogP) is 4.97. The summed E-state index contributed by atoms with van der Waals surface area (Å²) in [5.41, 5.74) is 3.05. The molecular weight excluding hydrogens is 524 g/mol. The fourth-order valence-corrected chi connectivity index (χ4v) is 6.14. The standard InChI is InChI=1S/C32H41ClN4O3/c1-24(38)35-16-12-25(13-17-35)20-31(39)36-19-18-34(22-26-6-3-2-4-7-26)14-5-15-37(32(40)27-8-9-27)30-21-29(33)11-10-28(30)23-36/h2-4,6-7,10-11,21,25,27H,5,8-9,12-20,22-23H2,1H3. The number of benzene rings is 2. The Bertz CT molecular complexity index is 1190. The number of hydrogen-bond donors (Lipinski definition) is 0. The lowest BCUT2D eigenvalue weighted by molar-refractivity contribution is -0.134. The fraction of sp³-hybridized carbons (Fsp3) is 0.531. The normalized spacial score (nSPS) is 19.6. The van der Waals surface area contributed by atoms with E-state index in [1.807, 2.05) is 39.0 Å². The number of carbonyl (C=O) groups excluding carboxylic acids is 3. The quantitative estimate of drug-likeness (QED) is 0.514. The maximum absolute atomic E-state index is 13.8. The molecule has 1 saturated heterocycles. The zero-order valence-corrected chi connectivity index (χ0v) is 24.3. The number of rotatable bonds is 5. The van der Waals surface area contributed by atoms with Gasteiger partial charge in [0.25, 0.3) is 0 Å². The third-order valence-corrected chi connectivity index (χ3v) is 8.79. The van der Waals surface area contributed by atoms with Crippen LogP contribution in [0.3, 0.4) is 0 Å². The largest absolute Gasteiger partial charge is 0.343 e. The molecule has 8 heteroatoms. The lowest BCUT2D eigenvalue weighted by Crippen LogP contribution is -2.41. The Hall–Kier alpha value is -2.90. The van der Waals surface area contributed by atoms with Gasteiger partial charge in [-0.1, -0.05) is 48.0 Å². The molecule has 3 amide bonds. The highest BCUT2D eigenvalue weighted by Gasteiger charge is 2.35. The van der Waals surface area contributed by atoms with Crippen molar-refractivity contribution in [3.63, 3.8) is 0 Å². The summed E-state index contributed by atoms with van der Waals surface area (Å²) in [6.07, 6.45) is 4.93. The summed E-state index contributed by atoms with van der Waals surface area (Å²) < 4.78 is 0. The molecule has 0 atom stereocenters. The number of hydrogen-bond acceptors (Lipinski definition) is 4. The molecule has 0 radical (unpaired) electrons. The van der Waals surface area contributed by atoms with E-state index in [1.54, 1.807) is 6.92 Å². The summed E-state index contributed by atoms with van der Waals surface area (Å²) in [5.74, 6) is 0.792. The van der Waals surface area contributed by atoms with Crippen LogP contribution in [0.15, 0.2) is 48.5 Å². The number of fused-ring (bicyclic) bond motifs is 1. The van der Waals surface area contributed by atoms with Gasteiger partial charge in [-0.3, -0.25) is 19.3 Å². The lowest BCUT2D eigenvalue weighted by atomic mass is 9.93. The molecule has 0 spiro atoms. The van der Waals surface area contributed by atoms with Crippen LogP contribution in [-0.2, 0) is 27.5 Å². The number of amides is 3. The maximum Gasteiger partial charge on any atom is 0.230 e. The molecule has 2 heterocycles. The van der Waals surface area contributed by atoms with Crippen LogP contribution in [0.25, 0.3) is 0 Å². The van der Waals surface area contributed by atoms with Crippen molar-refractivity contribution in [2.24, 2.45) is 11.8 Å². The second-order valence-corrected chi connectivity index (χ2v) is 12.1. The molecule has 2 fully saturated rings. The highest BCUT2D eigenvalue weighted by atomic mass is 35.5. The van der Waals surface area contributed by atoms with Crippen molar-refractivity contribution in [1.29, 1.82) is 0 Å². The summed E-state index contributed by atoms with van der Waals surface area (Å²) in [6.45, 7) is 7.17. The van der Waals surface area contributed by atoms with Crippen molar-refractivity contribution in [3.8, 4) is 0 Å². The van der Waals surface area contributed by atoms with E-state index in [-0.39, 0.29) is 29.6 Å². The Balaban J connectivity index is 1.38. The number of likely N-dealkylation sites (tertiary alicyclic amines) is 1. The van der Waals surface area contributed by atoms with Crippen molar-refractivity contribution < 1.29 is 14.4 Å². The van der Waals surface area contributed by atoms with Crippen LogP contribution < -0.4 is 4.90 Å². The van der Waals surface area contributed by atoms with E-state index in [1.165, 1.54) is 5.56 Å². The number of carbonyl (C=O) groups is 3. The number of nitrogens with zero attached hydrogens (tertiary/aromatic N) is 4. The van der Waals surface area contributed by atoms with E-state index >= 15 is 0 Å². The Labute approximate surface area is 243 Å². The first-order valence-electron chi connectivity index (χ1n) is 14.8. The van der Waals surface area contributed by atoms with Gasteiger partial charge in [0.05, 0.1) is 5.69 Å². The van der Waals surface area contributed by atoms with Crippen LogP contribution in [0, 0.1) is 11.8 Å². The Morgan fingerprint density at radius 1 is 0.850 bits per heavy atom. The molecule has 2 aromatic carbocycles. The molecule has 2 aromatic rings. The number of anilines is 1. The summed E-state index contributed by atoms with van der Waals surface area (Å²) >= 11 is 6.46.